The van der Waals surface area contributed by atoms with Crippen LogP contribution in [0.2, 0.25) is 0 Å². The third-order valence-corrected chi connectivity index (χ3v) is 3.59. The SMILES string of the molecule is CCC(NC)c1ccc(N(CC(C)C)CC(C)C)cc1. The molecule has 20 heavy (non-hydrogen) atoms. The Bertz CT molecular complexity index is 354. The molecule has 0 amide bonds. The molecular formula is C18H32N2. The van der Waals surface area contributed by atoms with Crippen molar-refractivity contribution in [1.29, 1.82) is 0 Å². The lowest BCUT2D eigenvalue weighted by molar-refractivity contribution is 0.552. The van der Waals surface area contributed by atoms with E-state index in [9.17, 15) is 0 Å². The summed E-state index contributed by atoms with van der Waals surface area (Å²) >= 11 is 0. The maximum Gasteiger partial charge on any atom is 0.0366 e. The van der Waals surface area contributed by atoms with Gasteiger partial charge in [0.05, 0.1) is 0 Å². The maximum absolute atomic E-state index is 3.37. The fourth-order valence-electron chi connectivity index (χ4n) is 2.69. The number of benzene rings is 1. The fourth-order valence-corrected chi connectivity index (χ4v) is 2.69. The van der Waals surface area contributed by atoms with Crippen molar-refractivity contribution < 1.29 is 0 Å². The van der Waals surface area contributed by atoms with Gasteiger partial charge in [-0.1, -0.05) is 46.8 Å². The highest BCUT2D eigenvalue weighted by atomic mass is 15.1. The second-order valence-electron chi connectivity index (χ2n) is 6.53. The minimum absolute atomic E-state index is 0.465. The van der Waals surface area contributed by atoms with E-state index in [1.165, 1.54) is 11.3 Å². The Morgan fingerprint density at radius 2 is 1.45 bits per heavy atom. The number of anilines is 1. The summed E-state index contributed by atoms with van der Waals surface area (Å²) in [6.45, 7) is 13.6. The van der Waals surface area contributed by atoms with Crippen LogP contribution in [0.1, 0.15) is 52.6 Å². The average molecular weight is 276 g/mol. The predicted octanol–water partition coefficient (Wildman–Crippen LogP) is 4.48. The van der Waals surface area contributed by atoms with E-state index in [0.717, 1.165) is 19.5 Å². The highest BCUT2D eigenvalue weighted by Gasteiger charge is 2.12. The monoisotopic (exact) mass is 276 g/mol. The lowest BCUT2D eigenvalue weighted by atomic mass is 10.0. The summed E-state index contributed by atoms with van der Waals surface area (Å²) in [5, 5.41) is 3.37. The van der Waals surface area contributed by atoms with E-state index in [-0.39, 0.29) is 0 Å². The molecule has 0 heterocycles. The third-order valence-electron chi connectivity index (χ3n) is 3.59. The van der Waals surface area contributed by atoms with Gasteiger partial charge in [0.15, 0.2) is 0 Å². The van der Waals surface area contributed by atoms with Crippen molar-refractivity contribution in [2.45, 2.75) is 47.1 Å². The molecule has 1 aromatic rings. The van der Waals surface area contributed by atoms with Gasteiger partial charge in [-0.3, -0.25) is 0 Å². The van der Waals surface area contributed by atoms with Crippen molar-refractivity contribution >= 4 is 5.69 Å². The van der Waals surface area contributed by atoms with Gasteiger partial charge in [0.1, 0.15) is 0 Å². The molecule has 1 rings (SSSR count). The summed E-state index contributed by atoms with van der Waals surface area (Å²) in [4.78, 5) is 2.51. The Kier molecular flexibility index (Phi) is 7.08. The molecule has 2 nitrogen and oxygen atoms in total. The van der Waals surface area contributed by atoms with Gasteiger partial charge in [-0.25, -0.2) is 0 Å². The Morgan fingerprint density at radius 1 is 0.950 bits per heavy atom. The van der Waals surface area contributed by atoms with Crippen LogP contribution < -0.4 is 10.2 Å². The zero-order valence-electron chi connectivity index (χ0n) is 14.1. The molecule has 114 valence electrons. The number of rotatable bonds is 8. The van der Waals surface area contributed by atoms with Crippen molar-refractivity contribution in [2.75, 3.05) is 25.0 Å². The molecule has 0 aliphatic carbocycles. The zero-order valence-corrected chi connectivity index (χ0v) is 14.1. The summed E-state index contributed by atoms with van der Waals surface area (Å²) in [6.07, 6.45) is 1.12. The summed E-state index contributed by atoms with van der Waals surface area (Å²) in [5.74, 6) is 1.38. The molecule has 0 aliphatic heterocycles. The van der Waals surface area contributed by atoms with Gasteiger partial charge < -0.3 is 10.2 Å². The molecule has 0 aromatic heterocycles. The van der Waals surface area contributed by atoms with Gasteiger partial charge in [-0.2, -0.15) is 0 Å². The third kappa shape index (κ3) is 5.16. The first-order chi connectivity index (χ1) is 9.47. The second kappa shape index (κ2) is 8.31. The molecular weight excluding hydrogens is 244 g/mol. The van der Waals surface area contributed by atoms with Crippen LogP contribution in [0, 0.1) is 11.8 Å². The highest BCUT2D eigenvalue weighted by molar-refractivity contribution is 5.48. The van der Waals surface area contributed by atoms with Gasteiger partial charge in [-0.05, 0) is 43.0 Å². The van der Waals surface area contributed by atoms with Gasteiger partial charge >= 0.3 is 0 Å². The van der Waals surface area contributed by atoms with Gasteiger partial charge in [0, 0.05) is 24.8 Å². The molecule has 0 fully saturated rings. The molecule has 0 saturated heterocycles. The average Bonchev–Trinajstić information content (AvgIpc) is 2.39. The predicted molar refractivity (Wildman–Crippen MR) is 90.4 cm³/mol. The van der Waals surface area contributed by atoms with E-state index in [4.69, 9.17) is 0 Å². The molecule has 0 aliphatic rings. The zero-order chi connectivity index (χ0) is 15.1. The first-order valence-corrected chi connectivity index (χ1v) is 8.00. The largest absolute Gasteiger partial charge is 0.371 e. The van der Waals surface area contributed by atoms with Crippen molar-refractivity contribution in [3.8, 4) is 0 Å². The lowest BCUT2D eigenvalue weighted by Gasteiger charge is -2.29. The molecule has 1 aromatic carbocycles. The Labute approximate surface area is 125 Å². The van der Waals surface area contributed by atoms with Gasteiger partial charge in [0.25, 0.3) is 0 Å². The second-order valence-corrected chi connectivity index (χ2v) is 6.53. The topological polar surface area (TPSA) is 15.3 Å². The minimum Gasteiger partial charge on any atom is -0.371 e. The van der Waals surface area contributed by atoms with E-state index in [0.29, 0.717) is 17.9 Å². The van der Waals surface area contributed by atoms with Crippen LogP contribution in [-0.2, 0) is 0 Å². The molecule has 0 bridgehead atoms. The number of nitrogens with zero attached hydrogens (tertiary/aromatic N) is 1. The first kappa shape index (κ1) is 17.0. The van der Waals surface area contributed by atoms with Crippen LogP contribution in [0.4, 0.5) is 5.69 Å². The Balaban J connectivity index is 2.86. The Morgan fingerprint density at radius 3 is 1.80 bits per heavy atom. The molecule has 0 spiro atoms. The smallest absolute Gasteiger partial charge is 0.0366 e. The van der Waals surface area contributed by atoms with Crippen LogP contribution in [0.5, 0.6) is 0 Å². The van der Waals surface area contributed by atoms with Crippen molar-refractivity contribution in [3.05, 3.63) is 29.8 Å². The normalized spacial score (nSPS) is 13.0. The van der Waals surface area contributed by atoms with E-state index in [1.54, 1.807) is 0 Å². The van der Waals surface area contributed by atoms with Gasteiger partial charge in [0.2, 0.25) is 0 Å². The molecule has 0 saturated carbocycles. The molecule has 1 atom stereocenters. The van der Waals surface area contributed by atoms with E-state index in [1.807, 2.05) is 7.05 Å². The lowest BCUT2D eigenvalue weighted by Crippen LogP contribution is -2.31. The van der Waals surface area contributed by atoms with Crippen molar-refractivity contribution in [2.24, 2.45) is 11.8 Å². The van der Waals surface area contributed by atoms with Crippen LogP contribution >= 0.6 is 0 Å². The number of hydrogen-bond acceptors (Lipinski definition) is 2. The maximum atomic E-state index is 3.37. The summed E-state index contributed by atoms with van der Waals surface area (Å²) in [7, 11) is 2.03. The van der Waals surface area contributed by atoms with Crippen LogP contribution in [0.3, 0.4) is 0 Å². The molecule has 2 heteroatoms. The summed E-state index contributed by atoms with van der Waals surface area (Å²) in [6, 6.07) is 9.56. The van der Waals surface area contributed by atoms with E-state index < -0.39 is 0 Å². The van der Waals surface area contributed by atoms with Crippen molar-refractivity contribution in [1.82, 2.24) is 5.32 Å². The summed E-state index contributed by atoms with van der Waals surface area (Å²) in [5.41, 5.74) is 2.73. The molecule has 1 N–H and O–H groups in total. The van der Waals surface area contributed by atoms with Crippen LogP contribution in [0.15, 0.2) is 24.3 Å². The summed E-state index contributed by atoms with van der Waals surface area (Å²) < 4.78 is 0. The van der Waals surface area contributed by atoms with Crippen molar-refractivity contribution in [3.63, 3.8) is 0 Å². The Hall–Kier alpha value is -1.02. The fraction of sp³-hybridized carbons (Fsp3) is 0.667. The molecule has 0 radical (unpaired) electrons. The minimum atomic E-state index is 0.465. The van der Waals surface area contributed by atoms with Crippen LogP contribution in [-0.4, -0.2) is 20.1 Å². The highest BCUT2D eigenvalue weighted by Crippen LogP contribution is 2.22. The van der Waals surface area contributed by atoms with Gasteiger partial charge in [-0.15, -0.1) is 0 Å². The molecule has 1 unspecified atom stereocenters. The van der Waals surface area contributed by atoms with E-state index in [2.05, 4.69) is 69.1 Å². The van der Waals surface area contributed by atoms with Crippen LogP contribution in [0.25, 0.3) is 0 Å². The quantitative estimate of drug-likeness (QED) is 0.753. The number of hydrogen-bond donors (Lipinski definition) is 1. The number of nitrogens with one attached hydrogen (secondary N) is 1. The first-order valence-electron chi connectivity index (χ1n) is 8.00. The van der Waals surface area contributed by atoms with E-state index >= 15 is 0 Å². The standard InChI is InChI=1S/C18H32N2/c1-7-18(19-6)16-8-10-17(11-9-16)20(12-14(2)3)13-15(4)5/h8-11,14-15,18-19H,7,12-13H2,1-6H3.